The summed E-state index contributed by atoms with van der Waals surface area (Å²) in [6, 6.07) is 7.96. The van der Waals surface area contributed by atoms with Crippen LogP contribution in [0.4, 0.5) is 11.5 Å². The van der Waals surface area contributed by atoms with Crippen LogP contribution in [0.15, 0.2) is 41.1 Å². The van der Waals surface area contributed by atoms with E-state index in [4.69, 9.17) is 25.7 Å². The Balaban J connectivity index is 1.40. The van der Waals surface area contributed by atoms with E-state index >= 15 is 0 Å². The van der Waals surface area contributed by atoms with Crippen LogP contribution in [0.1, 0.15) is 5.56 Å². The molecule has 2 aliphatic rings. The summed E-state index contributed by atoms with van der Waals surface area (Å²) in [6.45, 7) is 12.6. The predicted octanol–water partition coefficient (Wildman–Crippen LogP) is 3.87. The van der Waals surface area contributed by atoms with Crippen LogP contribution < -0.4 is 4.90 Å². The Morgan fingerprint density at radius 1 is 1.13 bits per heavy atom. The fourth-order valence-electron chi connectivity index (χ4n) is 5.29. The third-order valence-corrected chi connectivity index (χ3v) is 8.52. The molecule has 5 aromatic rings. The van der Waals surface area contributed by atoms with E-state index < -0.39 is 10.8 Å². The zero-order chi connectivity index (χ0) is 25.6. The van der Waals surface area contributed by atoms with Crippen molar-refractivity contribution in [3.8, 4) is 11.4 Å². The highest BCUT2D eigenvalue weighted by Crippen LogP contribution is 2.38. The van der Waals surface area contributed by atoms with E-state index in [1.807, 2.05) is 24.4 Å². The number of H-pyrrole nitrogens is 1. The Bertz CT molecular complexity index is 1740. The van der Waals surface area contributed by atoms with Crippen molar-refractivity contribution in [1.29, 1.82) is 0 Å². The van der Waals surface area contributed by atoms with E-state index in [1.165, 1.54) is 0 Å². The van der Waals surface area contributed by atoms with Crippen LogP contribution in [0.3, 0.4) is 0 Å². The van der Waals surface area contributed by atoms with Gasteiger partial charge in [-0.15, -0.1) is 0 Å². The van der Waals surface area contributed by atoms with Gasteiger partial charge in [0.05, 0.1) is 25.2 Å². The van der Waals surface area contributed by atoms with E-state index in [9.17, 15) is 4.21 Å². The maximum absolute atomic E-state index is 11.8. The first-order valence-electron chi connectivity index (χ1n) is 12.6. The second kappa shape index (κ2) is 9.47. The number of hydrogen-bond acceptors (Lipinski definition) is 8. The molecule has 4 aromatic heterocycles. The third-order valence-electron chi connectivity index (χ3n) is 7.24. The second-order valence-corrected chi connectivity index (χ2v) is 11.3. The van der Waals surface area contributed by atoms with Gasteiger partial charge in [0, 0.05) is 83.9 Å². The molecule has 0 bridgehead atoms. The van der Waals surface area contributed by atoms with Crippen molar-refractivity contribution in [2.45, 2.75) is 6.54 Å². The Labute approximate surface area is 220 Å². The lowest BCUT2D eigenvalue weighted by molar-refractivity contribution is 0.122. The van der Waals surface area contributed by atoms with Crippen molar-refractivity contribution >= 4 is 55.4 Å². The fraction of sp³-hybridized carbons (Fsp3) is 0.333. The SMILES string of the molecule is [C-]#[N+]c1c[nH]c2cccc(-c3nc(N4CCOCC4)c4oc5ncc(CN6CCS(=O)CC6)cc5c4n3)c12. The fourth-order valence-corrected chi connectivity index (χ4v) is 6.42. The van der Waals surface area contributed by atoms with E-state index in [1.54, 1.807) is 6.20 Å². The van der Waals surface area contributed by atoms with Crippen LogP contribution >= 0.6 is 0 Å². The number of aromatic nitrogens is 4. The van der Waals surface area contributed by atoms with Crippen molar-refractivity contribution in [1.82, 2.24) is 24.8 Å². The van der Waals surface area contributed by atoms with E-state index in [0.29, 0.717) is 72.0 Å². The summed E-state index contributed by atoms with van der Waals surface area (Å²) >= 11 is 0. The quantitative estimate of drug-likeness (QED) is 0.351. The number of pyridine rings is 1. The molecule has 0 amide bonds. The molecule has 38 heavy (non-hydrogen) atoms. The van der Waals surface area contributed by atoms with Gasteiger partial charge in [-0.05, 0) is 17.7 Å². The number of morpholine rings is 1. The van der Waals surface area contributed by atoms with Gasteiger partial charge in [-0.2, -0.15) is 0 Å². The summed E-state index contributed by atoms with van der Waals surface area (Å²) in [6.07, 6.45) is 3.57. The highest BCUT2D eigenvalue weighted by molar-refractivity contribution is 7.85. The number of ether oxygens (including phenoxy) is 1. The van der Waals surface area contributed by atoms with Gasteiger partial charge in [-0.1, -0.05) is 12.1 Å². The van der Waals surface area contributed by atoms with E-state index in [2.05, 4.69) is 30.7 Å². The molecule has 0 radical (unpaired) electrons. The highest BCUT2D eigenvalue weighted by atomic mass is 32.2. The Kier molecular flexibility index (Phi) is 5.80. The molecule has 0 unspecified atom stereocenters. The minimum Gasteiger partial charge on any atom is -0.432 e. The van der Waals surface area contributed by atoms with Crippen molar-refractivity contribution < 1.29 is 13.4 Å². The Morgan fingerprint density at radius 2 is 1.97 bits per heavy atom. The molecule has 7 rings (SSSR count). The average Bonchev–Trinajstić information content (AvgIpc) is 3.55. The van der Waals surface area contributed by atoms with Gasteiger partial charge in [0.1, 0.15) is 5.52 Å². The summed E-state index contributed by atoms with van der Waals surface area (Å²) in [5, 5.41) is 1.65. The van der Waals surface area contributed by atoms with Crippen LogP contribution in [-0.2, 0) is 22.1 Å². The van der Waals surface area contributed by atoms with Gasteiger partial charge in [0.15, 0.2) is 17.2 Å². The van der Waals surface area contributed by atoms with Crippen LogP contribution in [0.5, 0.6) is 0 Å². The molecule has 192 valence electrons. The number of furan rings is 1. The van der Waals surface area contributed by atoms with Crippen LogP contribution in [-0.4, -0.2) is 79.9 Å². The molecule has 0 saturated carbocycles. The molecule has 11 heteroatoms. The summed E-state index contributed by atoms with van der Waals surface area (Å²) in [4.78, 5) is 26.1. The maximum atomic E-state index is 11.8. The summed E-state index contributed by atoms with van der Waals surface area (Å²) in [5.74, 6) is 2.67. The van der Waals surface area contributed by atoms with Gasteiger partial charge in [0.25, 0.3) is 0 Å². The lowest BCUT2D eigenvalue weighted by Crippen LogP contribution is -2.37. The van der Waals surface area contributed by atoms with Gasteiger partial charge in [-0.25, -0.2) is 19.8 Å². The van der Waals surface area contributed by atoms with Gasteiger partial charge in [0.2, 0.25) is 11.4 Å². The van der Waals surface area contributed by atoms with E-state index in [-0.39, 0.29) is 0 Å². The second-order valence-electron chi connectivity index (χ2n) is 9.58. The van der Waals surface area contributed by atoms with Crippen molar-refractivity contribution in [3.05, 3.63) is 53.6 Å². The topological polar surface area (TPSA) is 105 Å². The number of rotatable bonds is 4. The minimum atomic E-state index is -0.713. The van der Waals surface area contributed by atoms with Crippen molar-refractivity contribution in [2.24, 2.45) is 0 Å². The van der Waals surface area contributed by atoms with Crippen LogP contribution in [0, 0.1) is 6.57 Å². The highest BCUT2D eigenvalue weighted by Gasteiger charge is 2.25. The zero-order valence-corrected chi connectivity index (χ0v) is 21.5. The molecule has 10 nitrogen and oxygen atoms in total. The molecule has 1 aromatic carbocycles. The first kappa shape index (κ1) is 23.3. The molecule has 0 spiro atoms. The smallest absolute Gasteiger partial charge is 0.229 e. The van der Waals surface area contributed by atoms with Crippen LogP contribution in [0.2, 0.25) is 0 Å². The number of nitrogens with zero attached hydrogens (tertiary/aromatic N) is 6. The van der Waals surface area contributed by atoms with Gasteiger partial charge >= 0.3 is 0 Å². The molecule has 2 saturated heterocycles. The summed E-state index contributed by atoms with van der Waals surface area (Å²) in [5.41, 5.74) is 5.10. The molecule has 2 aliphatic heterocycles. The molecule has 6 heterocycles. The number of hydrogen-bond donors (Lipinski definition) is 1. The number of benzene rings is 1. The van der Waals surface area contributed by atoms with Crippen molar-refractivity contribution in [3.63, 3.8) is 0 Å². The maximum Gasteiger partial charge on any atom is 0.229 e. The van der Waals surface area contributed by atoms with Crippen molar-refractivity contribution in [2.75, 3.05) is 55.8 Å². The standard InChI is InChI=1S/C27H25N7O3S/c1-28-21-15-29-20-4-2-3-18(22(20)21)25-31-23-19-13-17(16-33-7-11-38(35)12-8-33)14-30-27(19)37-24(23)26(32-25)34-5-9-36-10-6-34/h2-4,13-15,29H,5-12,16H2. The number of aromatic amines is 1. The molecular weight excluding hydrogens is 502 g/mol. The monoisotopic (exact) mass is 527 g/mol. The predicted molar refractivity (Wildman–Crippen MR) is 147 cm³/mol. The summed E-state index contributed by atoms with van der Waals surface area (Å²) in [7, 11) is -0.713. The van der Waals surface area contributed by atoms with E-state index in [0.717, 1.165) is 47.1 Å². The van der Waals surface area contributed by atoms with Gasteiger partial charge in [-0.3, -0.25) is 9.11 Å². The summed E-state index contributed by atoms with van der Waals surface area (Å²) < 4.78 is 23.6. The molecular formula is C27H25N7O3S. The Hall–Kier alpha value is -3.85. The number of nitrogens with one attached hydrogen (secondary N) is 1. The number of anilines is 1. The normalized spacial score (nSPS) is 17.5. The molecule has 1 N–H and O–H groups in total. The minimum absolute atomic E-state index is 0.520. The largest absolute Gasteiger partial charge is 0.432 e. The van der Waals surface area contributed by atoms with Gasteiger partial charge < -0.3 is 19.0 Å². The third kappa shape index (κ3) is 4.01. The molecule has 2 fully saturated rings. The molecule has 0 aliphatic carbocycles. The number of fused-ring (bicyclic) bond motifs is 4. The first-order chi connectivity index (χ1) is 18.7. The Morgan fingerprint density at radius 3 is 2.79 bits per heavy atom. The first-order valence-corrected chi connectivity index (χ1v) is 14.1. The average molecular weight is 528 g/mol. The molecule has 0 atom stereocenters. The van der Waals surface area contributed by atoms with Crippen LogP contribution in [0.25, 0.3) is 49.3 Å². The zero-order valence-electron chi connectivity index (χ0n) is 20.6. The lowest BCUT2D eigenvalue weighted by Gasteiger charge is -2.27. The lowest BCUT2D eigenvalue weighted by atomic mass is 10.1.